The molecule has 0 fully saturated rings. The fourth-order valence-electron chi connectivity index (χ4n) is 0.634. The van der Waals surface area contributed by atoms with Crippen molar-refractivity contribution in [3.05, 3.63) is 11.8 Å². The van der Waals surface area contributed by atoms with Gasteiger partial charge < -0.3 is 10.1 Å². The molecule has 0 unspecified atom stereocenters. The molecule has 0 atom stereocenters. The molecule has 0 rings (SSSR count). The summed E-state index contributed by atoms with van der Waals surface area (Å²) >= 11 is 0. The molecule has 0 aliphatic carbocycles. The molecule has 78 valence electrons. The fourth-order valence-corrected chi connectivity index (χ4v) is 0.634. The third-order valence-corrected chi connectivity index (χ3v) is 1.27. The van der Waals surface area contributed by atoms with Crippen LogP contribution in [0.4, 0.5) is 0 Å². The number of nitriles is 1. The average molecular weight is 196 g/mol. The fraction of sp³-hybridized carbons (Fsp3) is 0.600. The molecule has 0 bridgehead atoms. The van der Waals surface area contributed by atoms with Crippen molar-refractivity contribution in [2.75, 3.05) is 6.61 Å². The van der Waals surface area contributed by atoms with Crippen molar-refractivity contribution in [1.82, 2.24) is 5.32 Å². The number of hydrogen-bond donors (Lipinski definition) is 1. The number of nitrogens with one attached hydrogen (secondary N) is 1. The minimum Gasteiger partial charge on any atom is -0.462 e. The van der Waals surface area contributed by atoms with Gasteiger partial charge >= 0.3 is 5.97 Å². The lowest BCUT2D eigenvalue weighted by Crippen LogP contribution is -2.32. The summed E-state index contributed by atoms with van der Waals surface area (Å²) in [5.41, 5.74) is -0.184. The van der Waals surface area contributed by atoms with Crippen LogP contribution in [-0.2, 0) is 9.53 Å². The molecule has 0 aliphatic heterocycles. The minimum atomic E-state index is -0.591. The van der Waals surface area contributed by atoms with Gasteiger partial charge in [0.15, 0.2) is 5.57 Å². The molecule has 4 heteroatoms. The molecule has 1 N–H and O–H groups in total. The molecule has 0 heterocycles. The van der Waals surface area contributed by atoms with Crippen LogP contribution in [0.3, 0.4) is 0 Å². The van der Waals surface area contributed by atoms with Gasteiger partial charge in [-0.25, -0.2) is 4.79 Å². The van der Waals surface area contributed by atoms with Gasteiger partial charge in [0.25, 0.3) is 0 Å². The lowest BCUT2D eigenvalue weighted by atomic mass is 10.1. The Morgan fingerprint density at radius 1 is 1.57 bits per heavy atom. The van der Waals surface area contributed by atoms with Crippen LogP contribution in [0.5, 0.6) is 0 Å². The molecule has 14 heavy (non-hydrogen) atoms. The maximum atomic E-state index is 11.1. The smallest absolute Gasteiger partial charge is 0.350 e. The Balaban J connectivity index is 4.43. The van der Waals surface area contributed by atoms with Gasteiger partial charge in [0.2, 0.25) is 0 Å². The first kappa shape index (κ1) is 12.5. The number of ether oxygens (including phenoxy) is 1. The zero-order valence-corrected chi connectivity index (χ0v) is 9.05. The predicted molar refractivity (Wildman–Crippen MR) is 53.2 cm³/mol. The van der Waals surface area contributed by atoms with E-state index >= 15 is 0 Å². The molecular weight excluding hydrogens is 180 g/mol. The summed E-state index contributed by atoms with van der Waals surface area (Å²) in [5, 5.41) is 11.6. The Morgan fingerprint density at radius 2 is 2.14 bits per heavy atom. The van der Waals surface area contributed by atoms with Crippen LogP contribution >= 0.6 is 0 Å². The van der Waals surface area contributed by atoms with Gasteiger partial charge in [-0.3, -0.25) is 0 Å². The van der Waals surface area contributed by atoms with Crippen molar-refractivity contribution < 1.29 is 9.53 Å². The van der Waals surface area contributed by atoms with Crippen molar-refractivity contribution in [3.63, 3.8) is 0 Å². The van der Waals surface area contributed by atoms with Crippen LogP contribution in [0.25, 0.3) is 0 Å². The van der Waals surface area contributed by atoms with Crippen molar-refractivity contribution in [2.24, 2.45) is 0 Å². The second kappa shape index (κ2) is 5.28. The summed E-state index contributed by atoms with van der Waals surface area (Å²) in [7, 11) is 0. The number of rotatable bonds is 3. The normalized spacial score (nSPS) is 11.8. The van der Waals surface area contributed by atoms with Crippen LogP contribution in [0, 0.1) is 11.3 Å². The van der Waals surface area contributed by atoms with Crippen molar-refractivity contribution >= 4 is 5.97 Å². The molecule has 0 saturated carbocycles. The summed E-state index contributed by atoms with van der Waals surface area (Å²) in [6, 6.07) is 1.78. The zero-order chi connectivity index (χ0) is 11.2. The summed E-state index contributed by atoms with van der Waals surface area (Å²) in [6.45, 7) is 7.77. The summed E-state index contributed by atoms with van der Waals surface area (Å²) in [5.74, 6) is -0.591. The number of carbonyl (C=O) groups excluding carboxylic acids is 1. The number of hydrogen-bond acceptors (Lipinski definition) is 4. The molecule has 0 aliphatic rings. The van der Waals surface area contributed by atoms with Crippen molar-refractivity contribution in [3.8, 4) is 6.07 Å². The molecule has 0 spiro atoms. The van der Waals surface area contributed by atoms with E-state index < -0.39 is 5.97 Å². The second-order valence-corrected chi connectivity index (χ2v) is 3.78. The molecule has 4 nitrogen and oxygen atoms in total. The highest BCUT2D eigenvalue weighted by molar-refractivity contribution is 5.92. The number of esters is 1. The van der Waals surface area contributed by atoms with Crippen LogP contribution in [0.2, 0.25) is 0 Å². The Morgan fingerprint density at radius 3 is 2.50 bits per heavy atom. The molecule has 0 aromatic carbocycles. The highest BCUT2D eigenvalue weighted by Crippen LogP contribution is 2.01. The average Bonchev–Trinajstić information content (AvgIpc) is 2.03. The topological polar surface area (TPSA) is 62.1 Å². The first-order valence-corrected chi connectivity index (χ1v) is 4.45. The van der Waals surface area contributed by atoms with E-state index in [1.54, 1.807) is 13.0 Å². The maximum absolute atomic E-state index is 11.1. The van der Waals surface area contributed by atoms with Crippen molar-refractivity contribution in [2.45, 2.75) is 33.2 Å². The van der Waals surface area contributed by atoms with E-state index in [2.05, 4.69) is 5.32 Å². The predicted octanol–water partition coefficient (Wildman–Crippen LogP) is 1.35. The third kappa shape index (κ3) is 5.20. The van der Waals surface area contributed by atoms with Gasteiger partial charge in [-0.2, -0.15) is 5.26 Å². The van der Waals surface area contributed by atoms with E-state index in [4.69, 9.17) is 10.00 Å². The quantitative estimate of drug-likeness (QED) is 0.420. The first-order valence-electron chi connectivity index (χ1n) is 4.45. The zero-order valence-electron chi connectivity index (χ0n) is 9.05. The van der Waals surface area contributed by atoms with E-state index in [9.17, 15) is 4.79 Å². The molecular formula is C10H16N2O2. The monoisotopic (exact) mass is 196 g/mol. The third-order valence-electron chi connectivity index (χ3n) is 1.27. The van der Waals surface area contributed by atoms with Crippen LogP contribution in [0.15, 0.2) is 11.8 Å². The number of carbonyl (C=O) groups is 1. The Bertz CT molecular complexity index is 269. The molecule has 0 amide bonds. The SMILES string of the molecule is CCOC(=O)/C(C#N)=C/NC(C)(C)C. The highest BCUT2D eigenvalue weighted by atomic mass is 16.5. The highest BCUT2D eigenvalue weighted by Gasteiger charge is 2.12. The maximum Gasteiger partial charge on any atom is 0.350 e. The van der Waals surface area contributed by atoms with Crippen LogP contribution in [0.1, 0.15) is 27.7 Å². The van der Waals surface area contributed by atoms with E-state index in [1.807, 2.05) is 20.8 Å². The lowest BCUT2D eigenvalue weighted by Gasteiger charge is -2.18. The summed E-state index contributed by atoms with van der Waals surface area (Å²) in [6.07, 6.45) is 1.39. The second-order valence-electron chi connectivity index (χ2n) is 3.78. The Labute approximate surface area is 84.6 Å². The van der Waals surface area contributed by atoms with E-state index in [0.717, 1.165) is 0 Å². The van der Waals surface area contributed by atoms with Gasteiger partial charge in [0.1, 0.15) is 6.07 Å². The van der Waals surface area contributed by atoms with E-state index in [1.165, 1.54) is 6.20 Å². The van der Waals surface area contributed by atoms with Gasteiger partial charge in [0.05, 0.1) is 6.61 Å². The largest absolute Gasteiger partial charge is 0.462 e. The Kier molecular flexibility index (Phi) is 4.71. The van der Waals surface area contributed by atoms with E-state index in [0.29, 0.717) is 0 Å². The molecule has 0 radical (unpaired) electrons. The van der Waals surface area contributed by atoms with Crippen LogP contribution in [-0.4, -0.2) is 18.1 Å². The van der Waals surface area contributed by atoms with Gasteiger partial charge in [-0.15, -0.1) is 0 Å². The summed E-state index contributed by atoms with van der Waals surface area (Å²) < 4.78 is 4.69. The van der Waals surface area contributed by atoms with Crippen molar-refractivity contribution in [1.29, 1.82) is 5.26 Å². The standard InChI is InChI=1S/C10H16N2O2/c1-5-14-9(13)8(6-11)7-12-10(2,3)4/h7,12H,5H2,1-4H3/b8-7+. The van der Waals surface area contributed by atoms with Crippen LogP contribution < -0.4 is 5.32 Å². The molecule has 0 saturated heterocycles. The summed E-state index contributed by atoms with van der Waals surface area (Å²) in [4.78, 5) is 11.1. The minimum absolute atomic E-state index is 0.0122. The lowest BCUT2D eigenvalue weighted by molar-refractivity contribution is -0.138. The molecule has 0 aromatic heterocycles. The van der Waals surface area contributed by atoms with Gasteiger partial charge in [-0.1, -0.05) is 0 Å². The van der Waals surface area contributed by atoms with Gasteiger partial charge in [0, 0.05) is 11.7 Å². The number of nitrogens with zero attached hydrogens (tertiary/aromatic N) is 1. The molecule has 0 aromatic rings. The first-order chi connectivity index (χ1) is 6.40. The van der Waals surface area contributed by atoms with Gasteiger partial charge in [-0.05, 0) is 27.7 Å². The Hall–Kier alpha value is -1.50. The van der Waals surface area contributed by atoms with E-state index in [-0.39, 0.29) is 17.7 Å².